The van der Waals surface area contributed by atoms with Crippen LogP contribution in [0.15, 0.2) is 247 Å². The fourth-order valence-electron chi connectivity index (χ4n) is 9.81. The Morgan fingerprint density at radius 2 is 0.794 bits per heavy atom. The summed E-state index contributed by atoms with van der Waals surface area (Å²) in [5, 5.41) is 4.53. The average molecular weight is 869 g/mol. The quantitative estimate of drug-likeness (QED) is 0.153. The molecule has 0 unspecified atom stereocenters. The van der Waals surface area contributed by atoms with Crippen molar-refractivity contribution in [2.45, 2.75) is 0 Å². The molecule has 0 amide bonds. The number of furan rings is 1. The molecule has 13 aromatic rings. The van der Waals surface area contributed by atoms with E-state index in [1.54, 1.807) is 0 Å². The van der Waals surface area contributed by atoms with Crippen LogP contribution in [-0.4, -0.2) is 19.5 Å². The van der Waals surface area contributed by atoms with Crippen LogP contribution in [-0.2, 0) is 0 Å². The second-order valence-electron chi connectivity index (χ2n) is 17.2. The van der Waals surface area contributed by atoms with Crippen LogP contribution in [0.25, 0.3) is 128 Å². The maximum Gasteiger partial charge on any atom is 0.164 e. The molecule has 0 spiro atoms. The molecule has 5 nitrogen and oxygen atoms in total. The van der Waals surface area contributed by atoms with Crippen LogP contribution < -0.4 is 0 Å². The lowest BCUT2D eigenvalue weighted by Crippen LogP contribution is -2.01. The fraction of sp³-hybridized carbons (Fsp3) is 0. The van der Waals surface area contributed by atoms with Gasteiger partial charge in [0.05, 0.1) is 16.4 Å². The molecule has 0 saturated heterocycles. The van der Waals surface area contributed by atoms with Crippen LogP contribution in [0.5, 0.6) is 0 Å². The van der Waals surface area contributed by atoms with E-state index < -0.39 is 0 Å². The standard InChI is InChI=1S/C63H40N4O/c1-6-18-41(19-7-1)47-36-48(42-20-8-2-9-21-42)38-49(37-47)45-30-32-51(55(39-45)63-65-61(43-22-10-3-11-23-43)64-62(66-63)44-24-12-4-13-25-44)46-31-33-54-58(40-46)68-57-35-34-53-52-28-16-17-29-56(52)67(60(53)59(54)57)50-26-14-5-15-27-50/h1-40H. The Morgan fingerprint density at radius 1 is 0.294 bits per heavy atom. The molecule has 0 radical (unpaired) electrons. The first-order chi connectivity index (χ1) is 33.7. The molecule has 0 bridgehead atoms. The predicted molar refractivity (Wildman–Crippen MR) is 279 cm³/mol. The Morgan fingerprint density at radius 3 is 1.41 bits per heavy atom. The van der Waals surface area contributed by atoms with Crippen molar-refractivity contribution in [2.75, 3.05) is 0 Å². The SMILES string of the molecule is c1ccc(-c2cc(-c3ccccc3)cc(-c3ccc(-c4ccc5c(c4)oc4ccc6c7ccccc7n(-c7ccccc7)c6c45)c(-c4nc(-c5ccccc5)nc(-c5ccccc5)n4)c3)c2)cc1. The van der Waals surface area contributed by atoms with E-state index in [1.165, 1.54) is 10.8 Å². The molecule has 0 atom stereocenters. The number of benzene rings is 10. The Balaban J connectivity index is 1.05. The highest BCUT2D eigenvalue weighted by atomic mass is 16.3. The minimum atomic E-state index is 0.579. The molecule has 3 heterocycles. The van der Waals surface area contributed by atoms with E-state index >= 15 is 0 Å². The summed E-state index contributed by atoms with van der Waals surface area (Å²) < 4.78 is 9.23. The topological polar surface area (TPSA) is 56.7 Å². The first-order valence-corrected chi connectivity index (χ1v) is 22.9. The van der Waals surface area contributed by atoms with Gasteiger partial charge in [0.2, 0.25) is 0 Å². The minimum absolute atomic E-state index is 0.579. The molecule has 3 aromatic heterocycles. The monoisotopic (exact) mass is 868 g/mol. The van der Waals surface area contributed by atoms with Gasteiger partial charge < -0.3 is 8.98 Å². The Labute approximate surface area is 392 Å². The van der Waals surface area contributed by atoms with Crippen molar-refractivity contribution in [3.8, 4) is 84.4 Å². The molecular formula is C63H40N4O. The largest absolute Gasteiger partial charge is 0.456 e. The molecule has 0 saturated carbocycles. The molecular weight excluding hydrogens is 829 g/mol. The molecule has 0 aliphatic carbocycles. The first kappa shape index (κ1) is 39.2. The van der Waals surface area contributed by atoms with Gasteiger partial charge in [-0.1, -0.05) is 176 Å². The number of hydrogen-bond donors (Lipinski definition) is 0. The van der Waals surface area contributed by atoms with Crippen molar-refractivity contribution < 1.29 is 4.42 Å². The van der Waals surface area contributed by atoms with E-state index in [-0.39, 0.29) is 0 Å². The predicted octanol–water partition coefficient (Wildman–Crippen LogP) is 16.5. The third-order valence-corrected chi connectivity index (χ3v) is 13.0. The van der Waals surface area contributed by atoms with Gasteiger partial charge >= 0.3 is 0 Å². The van der Waals surface area contributed by atoms with Crippen LogP contribution >= 0.6 is 0 Å². The van der Waals surface area contributed by atoms with Gasteiger partial charge in [0.15, 0.2) is 17.5 Å². The number of rotatable bonds is 8. The van der Waals surface area contributed by atoms with Crippen molar-refractivity contribution >= 4 is 43.7 Å². The lowest BCUT2D eigenvalue weighted by atomic mass is 9.90. The molecule has 5 heteroatoms. The summed E-state index contributed by atoms with van der Waals surface area (Å²) in [4.78, 5) is 15.7. The second-order valence-corrected chi connectivity index (χ2v) is 17.2. The van der Waals surface area contributed by atoms with Crippen molar-refractivity contribution in [1.29, 1.82) is 0 Å². The number of hydrogen-bond acceptors (Lipinski definition) is 4. The Bertz CT molecular complexity index is 3880. The third kappa shape index (κ3) is 6.84. The summed E-state index contributed by atoms with van der Waals surface area (Å²) in [7, 11) is 0. The van der Waals surface area contributed by atoms with Gasteiger partial charge in [-0.05, 0) is 111 Å². The van der Waals surface area contributed by atoms with Gasteiger partial charge in [0, 0.05) is 38.5 Å². The van der Waals surface area contributed by atoms with Crippen LogP contribution in [0.2, 0.25) is 0 Å². The van der Waals surface area contributed by atoms with Crippen molar-refractivity contribution in [1.82, 2.24) is 19.5 Å². The van der Waals surface area contributed by atoms with Gasteiger partial charge in [0.25, 0.3) is 0 Å². The highest BCUT2D eigenvalue weighted by molar-refractivity contribution is 6.24. The van der Waals surface area contributed by atoms with Crippen LogP contribution in [0.3, 0.4) is 0 Å². The van der Waals surface area contributed by atoms with E-state index in [4.69, 9.17) is 19.4 Å². The summed E-state index contributed by atoms with van der Waals surface area (Å²) in [6.07, 6.45) is 0. The van der Waals surface area contributed by atoms with E-state index in [0.29, 0.717) is 17.5 Å². The number of para-hydroxylation sites is 2. The molecule has 318 valence electrons. The molecule has 0 aliphatic heterocycles. The van der Waals surface area contributed by atoms with Crippen molar-refractivity contribution in [3.05, 3.63) is 243 Å². The zero-order valence-corrected chi connectivity index (χ0v) is 36.8. The molecule has 0 aliphatic rings. The van der Waals surface area contributed by atoms with E-state index in [1.807, 2.05) is 36.4 Å². The van der Waals surface area contributed by atoms with Crippen LogP contribution in [0.4, 0.5) is 0 Å². The third-order valence-electron chi connectivity index (χ3n) is 13.0. The van der Waals surface area contributed by atoms with Crippen molar-refractivity contribution in [2.24, 2.45) is 0 Å². The fourth-order valence-corrected chi connectivity index (χ4v) is 9.81. The molecule has 0 fully saturated rings. The summed E-state index contributed by atoms with van der Waals surface area (Å²) in [6, 6.07) is 85.2. The summed E-state index contributed by atoms with van der Waals surface area (Å²) in [5.74, 6) is 1.79. The van der Waals surface area contributed by atoms with Crippen LogP contribution in [0, 0.1) is 0 Å². The highest BCUT2D eigenvalue weighted by Gasteiger charge is 2.22. The van der Waals surface area contributed by atoms with Gasteiger partial charge in [-0.25, -0.2) is 15.0 Å². The van der Waals surface area contributed by atoms with Gasteiger partial charge in [-0.2, -0.15) is 0 Å². The maximum absolute atomic E-state index is 6.86. The normalized spacial score (nSPS) is 11.5. The zero-order chi connectivity index (χ0) is 45.0. The summed E-state index contributed by atoms with van der Waals surface area (Å²) in [6.45, 7) is 0. The zero-order valence-electron chi connectivity index (χ0n) is 36.8. The van der Waals surface area contributed by atoms with Gasteiger partial charge in [0.1, 0.15) is 11.2 Å². The van der Waals surface area contributed by atoms with Crippen molar-refractivity contribution in [3.63, 3.8) is 0 Å². The first-order valence-electron chi connectivity index (χ1n) is 22.9. The molecule has 68 heavy (non-hydrogen) atoms. The Hall–Kier alpha value is -9.19. The summed E-state index contributed by atoms with van der Waals surface area (Å²) >= 11 is 0. The van der Waals surface area contributed by atoms with E-state index in [0.717, 1.165) is 99.9 Å². The maximum atomic E-state index is 6.86. The lowest BCUT2D eigenvalue weighted by Gasteiger charge is -2.16. The number of nitrogens with zero attached hydrogens (tertiary/aromatic N) is 4. The summed E-state index contributed by atoms with van der Waals surface area (Å²) in [5.41, 5.74) is 16.4. The smallest absolute Gasteiger partial charge is 0.164 e. The molecule has 13 rings (SSSR count). The number of aromatic nitrogens is 4. The lowest BCUT2D eigenvalue weighted by molar-refractivity contribution is 0.669. The minimum Gasteiger partial charge on any atom is -0.456 e. The molecule has 10 aromatic carbocycles. The van der Waals surface area contributed by atoms with Gasteiger partial charge in [-0.3, -0.25) is 0 Å². The second kappa shape index (κ2) is 16.4. The average Bonchev–Trinajstić information content (AvgIpc) is 3.97. The Kier molecular flexibility index (Phi) is 9.43. The highest BCUT2D eigenvalue weighted by Crippen LogP contribution is 2.44. The van der Waals surface area contributed by atoms with E-state index in [2.05, 4.69) is 211 Å². The van der Waals surface area contributed by atoms with Crippen LogP contribution in [0.1, 0.15) is 0 Å². The number of fused-ring (bicyclic) bond motifs is 7. The van der Waals surface area contributed by atoms with Gasteiger partial charge in [-0.15, -0.1) is 0 Å². The molecule has 0 N–H and O–H groups in total. The van der Waals surface area contributed by atoms with E-state index in [9.17, 15) is 0 Å².